The van der Waals surface area contributed by atoms with E-state index in [4.69, 9.17) is 10.5 Å². The summed E-state index contributed by atoms with van der Waals surface area (Å²) < 4.78 is 5.71. The number of carbonyl (C=O) groups is 1. The standard InChI is InChI=1S/C17H26N2O2/c1-13(17(20)19-15-5-3-2-4-6-15)21-16-9-7-14(8-10-16)11-12-18/h7-10,13,15H,2-6,11-12,18H2,1H3,(H,19,20). The van der Waals surface area contributed by atoms with Crippen molar-refractivity contribution >= 4 is 5.91 Å². The molecule has 3 N–H and O–H groups in total. The van der Waals surface area contributed by atoms with Gasteiger partial charge in [-0.05, 0) is 50.4 Å². The van der Waals surface area contributed by atoms with Gasteiger partial charge in [0.05, 0.1) is 0 Å². The first-order chi connectivity index (χ1) is 10.2. The van der Waals surface area contributed by atoms with Crippen LogP contribution in [0.3, 0.4) is 0 Å². The zero-order valence-electron chi connectivity index (χ0n) is 12.8. The van der Waals surface area contributed by atoms with Crippen LogP contribution in [-0.2, 0) is 11.2 Å². The minimum Gasteiger partial charge on any atom is -0.481 e. The molecule has 1 saturated carbocycles. The average Bonchev–Trinajstić information content (AvgIpc) is 2.50. The highest BCUT2D eigenvalue weighted by Gasteiger charge is 2.20. The lowest BCUT2D eigenvalue weighted by atomic mass is 9.95. The number of amides is 1. The third-order valence-electron chi connectivity index (χ3n) is 3.99. The zero-order valence-corrected chi connectivity index (χ0v) is 12.8. The molecule has 1 aromatic carbocycles. The molecule has 0 bridgehead atoms. The Morgan fingerprint density at radius 3 is 2.57 bits per heavy atom. The maximum absolute atomic E-state index is 12.1. The molecule has 0 heterocycles. The Balaban J connectivity index is 1.81. The zero-order chi connectivity index (χ0) is 15.1. The summed E-state index contributed by atoms with van der Waals surface area (Å²) in [5.74, 6) is 0.704. The quantitative estimate of drug-likeness (QED) is 0.845. The Bertz CT molecular complexity index is 439. The molecule has 0 spiro atoms. The highest BCUT2D eigenvalue weighted by molar-refractivity contribution is 5.81. The number of nitrogens with one attached hydrogen (secondary N) is 1. The fourth-order valence-electron chi connectivity index (χ4n) is 2.72. The summed E-state index contributed by atoms with van der Waals surface area (Å²) in [6, 6.07) is 8.11. The van der Waals surface area contributed by atoms with Crippen LogP contribution in [0.15, 0.2) is 24.3 Å². The van der Waals surface area contributed by atoms with Crippen LogP contribution < -0.4 is 15.8 Å². The number of carbonyl (C=O) groups excluding carboxylic acids is 1. The van der Waals surface area contributed by atoms with Gasteiger partial charge in [0, 0.05) is 6.04 Å². The van der Waals surface area contributed by atoms with Gasteiger partial charge in [-0.25, -0.2) is 0 Å². The topological polar surface area (TPSA) is 64.3 Å². The van der Waals surface area contributed by atoms with Crippen molar-refractivity contribution in [2.24, 2.45) is 5.73 Å². The summed E-state index contributed by atoms with van der Waals surface area (Å²) in [5.41, 5.74) is 6.71. The number of hydrogen-bond acceptors (Lipinski definition) is 3. The number of nitrogens with two attached hydrogens (primary N) is 1. The number of ether oxygens (including phenoxy) is 1. The molecule has 4 heteroatoms. The van der Waals surface area contributed by atoms with Crippen molar-refractivity contribution in [3.63, 3.8) is 0 Å². The van der Waals surface area contributed by atoms with Crippen molar-refractivity contribution in [2.45, 2.75) is 57.6 Å². The monoisotopic (exact) mass is 290 g/mol. The molecule has 116 valence electrons. The Hall–Kier alpha value is -1.55. The molecule has 2 rings (SSSR count). The number of benzene rings is 1. The van der Waals surface area contributed by atoms with Crippen LogP contribution in [0, 0.1) is 0 Å². The Labute approximate surface area is 127 Å². The maximum atomic E-state index is 12.1. The second-order valence-electron chi connectivity index (χ2n) is 5.79. The molecular formula is C17H26N2O2. The van der Waals surface area contributed by atoms with Gasteiger partial charge in [-0.15, -0.1) is 0 Å². The Morgan fingerprint density at radius 1 is 1.29 bits per heavy atom. The molecule has 1 unspecified atom stereocenters. The van der Waals surface area contributed by atoms with Gasteiger partial charge in [-0.2, -0.15) is 0 Å². The van der Waals surface area contributed by atoms with Gasteiger partial charge in [0.25, 0.3) is 5.91 Å². The number of hydrogen-bond donors (Lipinski definition) is 2. The summed E-state index contributed by atoms with van der Waals surface area (Å²) in [7, 11) is 0. The van der Waals surface area contributed by atoms with Gasteiger partial charge in [0.1, 0.15) is 5.75 Å². The molecule has 1 amide bonds. The molecule has 1 aliphatic rings. The molecule has 0 radical (unpaired) electrons. The van der Waals surface area contributed by atoms with E-state index in [2.05, 4.69) is 5.32 Å². The molecule has 1 fully saturated rings. The van der Waals surface area contributed by atoms with Gasteiger partial charge in [-0.1, -0.05) is 31.4 Å². The van der Waals surface area contributed by atoms with E-state index in [-0.39, 0.29) is 5.91 Å². The third-order valence-corrected chi connectivity index (χ3v) is 3.99. The molecule has 0 aromatic heterocycles. The summed E-state index contributed by atoms with van der Waals surface area (Å²) in [6.45, 7) is 2.44. The van der Waals surface area contributed by atoms with Gasteiger partial charge >= 0.3 is 0 Å². The lowest BCUT2D eigenvalue weighted by Crippen LogP contribution is -2.43. The third kappa shape index (κ3) is 5.05. The van der Waals surface area contributed by atoms with Crippen LogP contribution in [0.1, 0.15) is 44.6 Å². The SMILES string of the molecule is CC(Oc1ccc(CCN)cc1)C(=O)NC1CCCCC1. The maximum Gasteiger partial charge on any atom is 0.260 e. The van der Waals surface area contributed by atoms with Crippen LogP contribution >= 0.6 is 0 Å². The summed E-state index contributed by atoms with van der Waals surface area (Å²) in [5, 5.41) is 3.09. The van der Waals surface area contributed by atoms with Crippen LogP contribution in [0.2, 0.25) is 0 Å². The molecule has 1 aliphatic carbocycles. The molecule has 21 heavy (non-hydrogen) atoms. The van der Waals surface area contributed by atoms with Crippen LogP contribution in [-0.4, -0.2) is 24.6 Å². The van der Waals surface area contributed by atoms with E-state index in [1.165, 1.54) is 24.8 Å². The minimum absolute atomic E-state index is 0.0204. The summed E-state index contributed by atoms with van der Waals surface area (Å²) in [6.07, 6.45) is 6.28. The van der Waals surface area contributed by atoms with E-state index in [0.717, 1.165) is 25.0 Å². The van der Waals surface area contributed by atoms with E-state index < -0.39 is 6.10 Å². The van der Waals surface area contributed by atoms with Crippen molar-refractivity contribution in [1.82, 2.24) is 5.32 Å². The smallest absolute Gasteiger partial charge is 0.260 e. The van der Waals surface area contributed by atoms with E-state index in [1.807, 2.05) is 24.3 Å². The largest absolute Gasteiger partial charge is 0.481 e. The van der Waals surface area contributed by atoms with E-state index >= 15 is 0 Å². The molecule has 1 aromatic rings. The van der Waals surface area contributed by atoms with Crippen molar-refractivity contribution in [3.05, 3.63) is 29.8 Å². The van der Waals surface area contributed by atoms with Crippen LogP contribution in [0.5, 0.6) is 5.75 Å². The molecule has 0 aliphatic heterocycles. The second-order valence-corrected chi connectivity index (χ2v) is 5.79. The molecule has 0 saturated heterocycles. The van der Waals surface area contributed by atoms with Crippen molar-refractivity contribution < 1.29 is 9.53 Å². The lowest BCUT2D eigenvalue weighted by molar-refractivity contribution is -0.128. The second kappa shape index (κ2) is 8.03. The Morgan fingerprint density at radius 2 is 1.95 bits per heavy atom. The summed E-state index contributed by atoms with van der Waals surface area (Å²) in [4.78, 5) is 12.1. The van der Waals surface area contributed by atoms with Gasteiger partial charge in [-0.3, -0.25) is 4.79 Å². The predicted octanol–water partition coefficient (Wildman–Crippen LogP) is 2.40. The van der Waals surface area contributed by atoms with E-state index in [9.17, 15) is 4.79 Å². The fourth-order valence-corrected chi connectivity index (χ4v) is 2.72. The minimum atomic E-state index is -0.465. The fraction of sp³-hybridized carbons (Fsp3) is 0.588. The van der Waals surface area contributed by atoms with Crippen LogP contribution in [0.4, 0.5) is 0 Å². The summed E-state index contributed by atoms with van der Waals surface area (Å²) >= 11 is 0. The first-order valence-electron chi connectivity index (χ1n) is 7.95. The normalized spacial score (nSPS) is 17.2. The average molecular weight is 290 g/mol. The highest BCUT2D eigenvalue weighted by atomic mass is 16.5. The van der Waals surface area contributed by atoms with Gasteiger partial charge < -0.3 is 15.8 Å². The van der Waals surface area contributed by atoms with E-state index in [0.29, 0.717) is 12.6 Å². The predicted molar refractivity (Wildman–Crippen MR) is 84.3 cm³/mol. The highest BCUT2D eigenvalue weighted by Crippen LogP contribution is 2.18. The van der Waals surface area contributed by atoms with Gasteiger partial charge in [0.15, 0.2) is 6.10 Å². The van der Waals surface area contributed by atoms with E-state index in [1.54, 1.807) is 6.92 Å². The Kier molecular flexibility index (Phi) is 6.05. The molecule has 1 atom stereocenters. The first kappa shape index (κ1) is 15.8. The van der Waals surface area contributed by atoms with Crippen molar-refractivity contribution in [2.75, 3.05) is 6.54 Å². The first-order valence-corrected chi connectivity index (χ1v) is 7.95. The molecular weight excluding hydrogens is 264 g/mol. The van der Waals surface area contributed by atoms with Crippen molar-refractivity contribution in [1.29, 1.82) is 0 Å². The number of rotatable bonds is 6. The van der Waals surface area contributed by atoms with Gasteiger partial charge in [0.2, 0.25) is 0 Å². The van der Waals surface area contributed by atoms with Crippen LogP contribution in [0.25, 0.3) is 0 Å². The lowest BCUT2D eigenvalue weighted by Gasteiger charge is -2.24. The molecule has 4 nitrogen and oxygen atoms in total. The van der Waals surface area contributed by atoms with Crippen molar-refractivity contribution in [3.8, 4) is 5.75 Å².